The summed E-state index contributed by atoms with van der Waals surface area (Å²) in [6.45, 7) is 3.06. The number of aliphatic hydroxyl groups is 1. The molecule has 0 saturated carbocycles. The highest BCUT2D eigenvalue weighted by molar-refractivity contribution is 5.79. The van der Waals surface area contributed by atoms with Crippen molar-refractivity contribution in [3.8, 4) is 0 Å². The molecule has 2 N–H and O–H groups in total. The number of carbonyl (C=O) groups is 1. The van der Waals surface area contributed by atoms with Gasteiger partial charge in [0.2, 0.25) is 5.91 Å². The molecule has 0 aromatic heterocycles. The predicted octanol–water partition coefficient (Wildman–Crippen LogP) is 0.749. The maximum atomic E-state index is 12.4. The topological polar surface area (TPSA) is 52.6 Å². The number of amides is 1. The Bertz CT molecular complexity index is 252. The number of nitrogens with zero attached hydrogens (tertiary/aromatic N) is 1. The van der Waals surface area contributed by atoms with E-state index in [0.29, 0.717) is 11.9 Å². The molecule has 0 spiro atoms. The molecule has 2 rings (SSSR count). The average Bonchev–Trinajstić information content (AvgIpc) is 2.84. The fourth-order valence-electron chi connectivity index (χ4n) is 3.05. The highest BCUT2D eigenvalue weighted by Gasteiger charge is 2.32. The molecule has 0 bridgehead atoms. The van der Waals surface area contributed by atoms with E-state index in [9.17, 15) is 4.79 Å². The predicted molar refractivity (Wildman–Crippen MR) is 66.6 cm³/mol. The fourth-order valence-corrected chi connectivity index (χ4v) is 3.05. The van der Waals surface area contributed by atoms with Gasteiger partial charge in [-0.25, -0.2) is 0 Å². The molecular weight excluding hydrogens is 216 g/mol. The Hall–Kier alpha value is -0.610. The van der Waals surface area contributed by atoms with Gasteiger partial charge in [-0.2, -0.15) is 0 Å². The lowest BCUT2D eigenvalue weighted by Crippen LogP contribution is -2.45. The first kappa shape index (κ1) is 12.8. The maximum absolute atomic E-state index is 12.4. The van der Waals surface area contributed by atoms with Gasteiger partial charge >= 0.3 is 0 Å². The molecule has 4 nitrogen and oxygen atoms in total. The Kier molecular flexibility index (Phi) is 4.80. The van der Waals surface area contributed by atoms with E-state index < -0.39 is 0 Å². The first-order chi connectivity index (χ1) is 8.33. The summed E-state index contributed by atoms with van der Waals surface area (Å²) in [5.41, 5.74) is 0. The third-order valence-corrected chi connectivity index (χ3v) is 4.00. The minimum Gasteiger partial charge on any atom is -0.396 e. The van der Waals surface area contributed by atoms with Crippen LogP contribution in [0, 0.1) is 5.92 Å². The minimum absolute atomic E-state index is 0.193. The number of hydrogen-bond donors (Lipinski definition) is 2. The molecule has 1 unspecified atom stereocenters. The smallest absolute Gasteiger partial charge is 0.227 e. The lowest BCUT2D eigenvalue weighted by atomic mass is 9.97. The summed E-state index contributed by atoms with van der Waals surface area (Å²) in [6.07, 6.45) is 6.17. The molecule has 0 aromatic carbocycles. The quantitative estimate of drug-likeness (QED) is 0.762. The minimum atomic E-state index is 0.193. The Balaban J connectivity index is 1.88. The van der Waals surface area contributed by atoms with E-state index in [4.69, 9.17) is 5.11 Å². The Labute approximate surface area is 103 Å². The zero-order valence-corrected chi connectivity index (χ0v) is 10.5. The lowest BCUT2D eigenvalue weighted by Gasteiger charge is -2.31. The van der Waals surface area contributed by atoms with Gasteiger partial charge in [-0.15, -0.1) is 0 Å². The van der Waals surface area contributed by atoms with Crippen molar-refractivity contribution in [3.05, 3.63) is 0 Å². The fraction of sp³-hybridized carbons (Fsp3) is 0.923. The van der Waals surface area contributed by atoms with E-state index in [1.165, 1.54) is 0 Å². The summed E-state index contributed by atoms with van der Waals surface area (Å²) < 4.78 is 0. The molecule has 2 fully saturated rings. The van der Waals surface area contributed by atoms with Crippen LogP contribution in [-0.2, 0) is 4.79 Å². The van der Waals surface area contributed by atoms with Crippen LogP contribution in [0.2, 0.25) is 0 Å². The van der Waals surface area contributed by atoms with Crippen LogP contribution in [0.3, 0.4) is 0 Å². The third-order valence-electron chi connectivity index (χ3n) is 4.00. The molecule has 4 heteroatoms. The SMILES string of the molecule is O=C([C@@H]1CCCNC1)N1CCCC1CCCO. The van der Waals surface area contributed by atoms with E-state index in [1.54, 1.807) is 0 Å². The number of rotatable bonds is 4. The van der Waals surface area contributed by atoms with Crippen molar-refractivity contribution in [3.63, 3.8) is 0 Å². The summed E-state index contributed by atoms with van der Waals surface area (Å²) in [5, 5.41) is 12.2. The van der Waals surface area contributed by atoms with Crippen LogP contribution in [-0.4, -0.2) is 48.2 Å². The number of nitrogens with one attached hydrogen (secondary N) is 1. The Morgan fingerprint density at radius 2 is 2.24 bits per heavy atom. The van der Waals surface area contributed by atoms with Crippen molar-refractivity contribution in [2.24, 2.45) is 5.92 Å². The van der Waals surface area contributed by atoms with Crippen molar-refractivity contribution in [1.82, 2.24) is 10.2 Å². The molecule has 2 aliphatic heterocycles. The van der Waals surface area contributed by atoms with Gasteiger partial charge in [0.05, 0.1) is 5.92 Å². The molecule has 2 saturated heterocycles. The van der Waals surface area contributed by atoms with E-state index in [1.807, 2.05) is 0 Å². The summed E-state index contributed by atoms with van der Waals surface area (Å²) >= 11 is 0. The second-order valence-electron chi connectivity index (χ2n) is 5.24. The molecule has 17 heavy (non-hydrogen) atoms. The average molecular weight is 240 g/mol. The number of piperidine rings is 1. The summed E-state index contributed by atoms with van der Waals surface area (Å²) in [5.74, 6) is 0.538. The van der Waals surface area contributed by atoms with Crippen LogP contribution < -0.4 is 5.32 Å². The maximum Gasteiger partial charge on any atom is 0.227 e. The van der Waals surface area contributed by atoms with E-state index >= 15 is 0 Å². The standard InChI is InChI=1S/C13H24N2O2/c16-9-3-6-12-5-2-8-15(12)13(17)11-4-1-7-14-10-11/h11-12,14,16H,1-10H2/t11-,12?/m1/s1. The molecule has 2 heterocycles. The summed E-state index contributed by atoms with van der Waals surface area (Å²) in [6, 6.07) is 0.386. The van der Waals surface area contributed by atoms with Gasteiger partial charge in [-0.05, 0) is 45.1 Å². The van der Waals surface area contributed by atoms with E-state index in [-0.39, 0.29) is 12.5 Å². The van der Waals surface area contributed by atoms with Gasteiger partial charge < -0.3 is 15.3 Å². The highest BCUT2D eigenvalue weighted by atomic mass is 16.3. The van der Waals surface area contributed by atoms with Crippen LogP contribution in [0.4, 0.5) is 0 Å². The van der Waals surface area contributed by atoms with Crippen LogP contribution in [0.5, 0.6) is 0 Å². The molecule has 0 aromatic rings. The van der Waals surface area contributed by atoms with Gasteiger partial charge in [0, 0.05) is 25.7 Å². The number of carbonyl (C=O) groups excluding carboxylic acids is 1. The van der Waals surface area contributed by atoms with Gasteiger partial charge in [0.25, 0.3) is 0 Å². The monoisotopic (exact) mass is 240 g/mol. The van der Waals surface area contributed by atoms with Crippen LogP contribution in [0.15, 0.2) is 0 Å². The second-order valence-corrected chi connectivity index (χ2v) is 5.24. The van der Waals surface area contributed by atoms with Gasteiger partial charge in [-0.3, -0.25) is 4.79 Å². The summed E-state index contributed by atoms with van der Waals surface area (Å²) in [4.78, 5) is 14.5. The first-order valence-corrected chi connectivity index (χ1v) is 6.95. The summed E-state index contributed by atoms with van der Waals surface area (Å²) in [7, 11) is 0. The molecule has 1 amide bonds. The molecule has 2 atom stereocenters. The molecule has 98 valence electrons. The number of hydrogen-bond acceptors (Lipinski definition) is 3. The molecule has 2 aliphatic rings. The molecular formula is C13H24N2O2. The van der Waals surface area contributed by atoms with Gasteiger partial charge in [0.15, 0.2) is 0 Å². The van der Waals surface area contributed by atoms with Crippen LogP contribution in [0.1, 0.15) is 38.5 Å². The normalized spacial score (nSPS) is 29.6. The largest absolute Gasteiger partial charge is 0.396 e. The zero-order chi connectivity index (χ0) is 12.1. The third kappa shape index (κ3) is 3.19. The zero-order valence-electron chi connectivity index (χ0n) is 10.5. The van der Waals surface area contributed by atoms with Crippen molar-refractivity contribution >= 4 is 5.91 Å². The highest BCUT2D eigenvalue weighted by Crippen LogP contribution is 2.25. The first-order valence-electron chi connectivity index (χ1n) is 6.95. The van der Waals surface area contributed by atoms with Crippen molar-refractivity contribution in [2.75, 3.05) is 26.2 Å². The van der Waals surface area contributed by atoms with Crippen molar-refractivity contribution in [1.29, 1.82) is 0 Å². The van der Waals surface area contributed by atoms with Gasteiger partial charge in [0.1, 0.15) is 0 Å². The van der Waals surface area contributed by atoms with Crippen molar-refractivity contribution < 1.29 is 9.90 Å². The number of aliphatic hydroxyl groups excluding tert-OH is 1. The molecule has 0 radical (unpaired) electrons. The van der Waals surface area contributed by atoms with Crippen LogP contribution in [0.25, 0.3) is 0 Å². The Morgan fingerprint density at radius 1 is 1.35 bits per heavy atom. The van der Waals surface area contributed by atoms with Crippen molar-refractivity contribution in [2.45, 2.75) is 44.6 Å². The van der Waals surface area contributed by atoms with Gasteiger partial charge in [-0.1, -0.05) is 0 Å². The Morgan fingerprint density at radius 3 is 2.94 bits per heavy atom. The second kappa shape index (κ2) is 6.36. The van der Waals surface area contributed by atoms with Crippen LogP contribution >= 0.6 is 0 Å². The number of likely N-dealkylation sites (tertiary alicyclic amines) is 1. The lowest BCUT2D eigenvalue weighted by molar-refractivity contribution is -0.137. The van der Waals surface area contributed by atoms with E-state index in [0.717, 1.165) is 58.2 Å². The van der Waals surface area contributed by atoms with E-state index in [2.05, 4.69) is 10.2 Å². The molecule has 0 aliphatic carbocycles.